The lowest BCUT2D eigenvalue weighted by molar-refractivity contribution is -0.136. The Kier molecular flexibility index (Phi) is 6.79. The first-order valence-corrected chi connectivity index (χ1v) is 11.1. The van der Waals surface area contributed by atoms with Crippen molar-refractivity contribution in [3.63, 3.8) is 0 Å². The highest BCUT2D eigenvalue weighted by Gasteiger charge is 2.30. The zero-order valence-corrected chi connectivity index (χ0v) is 19.1. The number of carboxylic acids is 1. The molecule has 166 valence electrons. The summed E-state index contributed by atoms with van der Waals surface area (Å²) in [7, 11) is 1.54. The molecule has 3 N–H and O–H groups in total. The first-order valence-electron chi connectivity index (χ1n) is 10.3. The number of rotatable bonds is 8. The monoisotopic (exact) mass is 497 g/mol. The first-order chi connectivity index (χ1) is 15.4. The van der Waals surface area contributed by atoms with Crippen LogP contribution in [0.5, 0.6) is 17.2 Å². The normalized spacial score (nSPS) is 17.1. The van der Waals surface area contributed by atoms with Gasteiger partial charge in [0.05, 0.1) is 25.7 Å². The van der Waals surface area contributed by atoms with E-state index in [1.165, 1.54) is 0 Å². The average Bonchev–Trinajstić information content (AvgIpc) is 3.08. The van der Waals surface area contributed by atoms with Gasteiger partial charge < -0.3 is 25.0 Å². The Bertz CT molecular complexity index is 1130. The van der Waals surface area contributed by atoms with E-state index < -0.39 is 12.1 Å². The minimum atomic E-state index is -0.912. The van der Waals surface area contributed by atoms with Crippen molar-refractivity contribution in [3.8, 4) is 17.2 Å². The highest BCUT2D eigenvalue weighted by Crippen LogP contribution is 2.36. The predicted octanol–water partition coefficient (Wildman–Crippen LogP) is 4.63. The summed E-state index contributed by atoms with van der Waals surface area (Å²) in [4.78, 5) is 11.1. The van der Waals surface area contributed by atoms with Crippen LogP contribution in [-0.4, -0.2) is 29.4 Å². The van der Waals surface area contributed by atoms with Gasteiger partial charge in [-0.3, -0.25) is 4.79 Å². The standard InChI is InChI=1S/C25H24BrNO5/c1-31-22-8-6-15(11-24(29)30)10-23(22)32-21-9-7-18(26)12-17(21)14-27-25-19-5-3-2-4-16(19)13-20(25)28/h2-10,12,20,25,27-28H,11,13-14H2,1H3,(H,29,30)/t20-,25+/m1/s1. The molecule has 0 aromatic heterocycles. The smallest absolute Gasteiger partial charge is 0.307 e. The molecule has 0 amide bonds. The number of halogens is 1. The number of nitrogens with one attached hydrogen (secondary N) is 1. The van der Waals surface area contributed by atoms with E-state index in [0.29, 0.717) is 35.8 Å². The third kappa shape index (κ3) is 4.96. The summed E-state index contributed by atoms with van der Waals surface area (Å²) in [5.74, 6) is 0.666. The summed E-state index contributed by atoms with van der Waals surface area (Å²) in [6, 6.07) is 18.7. The molecule has 1 aliphatic rings. The third-order valence-electron chi connectivity index (χ3n) is 5.54. The molecule has 0 fully saturated rings. The molecule has 0 heterocycles. The van der Waals surface area contributed by atoms with Crippen molar-refractivity contribution in [2.24, 2.45) is 0 Å². The second-order valence-electron chi connectivity index (χ2n) is 7.74. The van der Waals surface area contributed by atoms with E-state index in [0.717, 1.165) is 21.2 Å². The van der Waals surface area contributed by atoms with Gasteiger partial charge >= 0.3 is 5.97 Å². The van der Waals surface area contributed by atoms with Crippen LogP contribution < -0.4 is 14.8 Å². The fourth-order valence-electron chi connectivity index (χ4n) is 4.03. The maximum atomic E-state index is 11.1. The zero-order chi connectivity index (χ0) is 22.7. The summed E-state index contributed by atoms with van der Waals surface area (Å²) in [6.45, 7) is 0.474. The maximum Gasteiger partial charge on any atom is 0.307 e. The number of fused-ring (bicyclic) bond motifs is 1. The van der Waals surface area contributed by atoms with E-state index in [-0.39, 0.29) is 12.5 Å². The predicted molar refractivity (Wildman–Crippen MR) is 124 cm³/mol. The summed E-state index contributed by atoms with van der Waals surface area (Å²) < 4.78 is 12.5. The maximum absolute atomic E-state index is 11.1. The van der Waals surface area contributed by atoms with E-state index in [1.807, 2.05) is 42.5 Å². The summed E-state index contributed by atoms with van der Waals surface area (Å²) in [6.07, 6.45) is 0.0360. The van der Waals surface area contributed by atoms with Crippen molar-refractivity contribution < 1.29 is 24.5 Å². The number of benzene rings is 3. The fourth-order valence-corrected chi connectivity index (χ4v) is 4.44. The number of hydrogen-bond donors (Lipinski definition) is 3. The van der Waals surface area contributed by atoms with Crippen molar-refractivity contribution in [1.29, 1.82) is 0 Å². The molecule has 0 unspecified atom stereocenters. The number of aliphatic hydroxyl groups is 1. The van der Waals surface area contributed by atoms with Crippen LogP contribution in [0.3, 0.4) is 0 Å². The van der Waals surface area contributed by atoms with E-state index in [1.54, 1.807) is 25.3 Å². The van der Waals surface area contributed by atoms with E-state index in [9.17, 15) is 9.90 Å². The molecule has 0 saturated carbocycles. The van der Waals surface area contributed by atoms with Crippen LogP contribution in [0.2, 0.25) is 0 Å². The molecule has 1 aliphatic carbocycles. The molecule has 32 heavy (non-hydrogen) atoms. The Morgan fingerprint density at radius 3 is 2.66 bits per heavy atom. The van der Waals surface area contributed by atoms with Gasteiger partial charge in [0.2, 0.25) is 0 Å². The van der Waals surface area contributed by atoms with E-state index >= 15 is 0 Å². The molecule has 0 bridgehead atoms. The highest BCUT2D eigenvalue weighted by molar-refractivity contribution is 9.10. The van der Waals surface area contributed by atoms with Crippen LogP contribution in [-0.2, 0) is 24.2 Å². The molecule has 0 radical (unpaired) electrons. The van der Waals surface area contributed by atoms with E-state index in [2.05, 4.69) is 21.2 Å². The largest absolute Gasteiger partial charge is 0.493 e. The van der Waals surface area contributed by atoms with Gasteiger partial charge in [0.1, 0.15) is 5.75 Å². The second-order valence-corrected chi connectivity index (χ2v) is 8.65. The first kappa shape index (κ1) is 22.3. The number of aliphatic carboxylic acids is 1. The van der Waals surface area contributed by atoms with Crippen molar-refractivity contribution in [3.05, 3.63) is 87.4 Å². The molecule has 3 aromatic rings. The molecule has 4 rings (SSSR count). The minimum absolute atomic E-state index is 0.103. The van der Waals surface area contributed by atoms with Gasteiger partial charge in [0.25, 0.3) is 0 Å². The van der Waals surface area contributed by atoms with Crippen LogP contribution in [0.15, 0.2) is 65.1 Å². The molecular weight excluding hydrogens is 474 g/mol. The number of carboxylic acid groups (broad SMARTS) is 1. The van der Waals surface area contributed by atoms with Crippen LogP contribution in [0.25, 0.3) is 0 Å². The molecule has 3 aromatic carbocycles. The molecule has 7 heteroatoms. The van der Waals surface area contributed by atoms with Gasteiger partial charge in [-0.05, 0) is 47.0 Å². The molecule has 2 atom stereocenters. The molecule has 0 saturated heterocycles. The SMILES string of the molecule is COc1ccc(CC(=O)O)cc1Oc1ccc(Br)cc1CN[C@H]1c2ccccc2C[C@H]1O. The number of methoxy groups -OCH3 is 1. The Morgan fingerprint density at radius 2 is 1.88 bits per heavy atom. The molecule has 0 aliphatic heterocycles. The van der Waals surface area contributed by atoms with Crippen LogP contribution >= 0.6 is 15.9 Å². The van der Waals surface area contributed by atoms with Crippen LogP contribution in [0, 0.1) is 0 Å². The molecule has 6 nitrogen and oxygen atoms in total. The van der Waals surface area contributed by atoms with Crippen molar-refractivity contribution in [1.82, 2.24) is 5.32 Å². The van der Waals surface area contributed by atoms with Gasteiger partial charge in [-0.2, -0.15) is 0 Å². The molecular formula is C25H24BrNO5. The summed E-state index contributed by atoms with van der Waals surface area (Å²) in [5.41, 5.74) is 3.78. The quantitative estimate of drug-likeness (QED) is 0.420. The van der Waals surface area contributed by atoms with Crippen molar-refractivity contribution in [2.45, 2.75) is 31.5 Å². The Morgan fingerprint density at radius 1 is 1.09 bits per heavy atom. The Balaban J connectivity index is 1.58. The molecule has 0 spiro atoms. The summed E-state index contributed by atoms with van der Waals surface area (Å²) in [5, 5.41) is 23.1. The number of hydrogen-bond acceptors (Lipinski definition) is 5. The van der Waals surface area contributed by atoms with Gasteiger partial charge in [-0.1, -0.05) is 46.3 Å². The highest BCUT2D eigenvalue weighted by atomic mass is 79.9. The number of ether oxygens (including phenoxy) is 2. The summed E-state index contributed by atoms with van der Waals surface area (Å²) >= 11 is 3.52. The lowest BCUT2D eigenvalue weighted by atomic mass is 10.1. The lowest BCUT2D eigenvalue weighted by Gasteiger charge is -2.20. The second kappa shape index (κ2) is 9.73. The van der Waals surface area contributed by atoms with Gasteiger partial charge in [0.15, 0.2) is 11.5 Å². The van der Waals surface area contributed by atoms with Crippen molar-refractivity contribution in [2.75, 3.05) is 7.11 Å². The number of aliphatic hydroxyl groups excluding tert-OH is 1. The zero-order valence-electron chi connectivity index (χ0n) is 17.5. The van der Waals surface area contributed by atoms with Crippen molar-refractivity contribution >= 4 is 21.9 Å². The fraction of sp³-hybridized carbons (Fsp3) is 0.240. The van der Waals surface area contributed by atoms with Gasteiger partial charge in [-0.15, -0.1) is 0 Å². The Labute approximate surface area is 194 Å². The Hall–Kier alpha value is -2.87. The van der Waals surface area contributed by atoms with E-state index in [4.69, 9.17) is 14.6 Å². The van der Waals surface area contributed by atoms with Gasteiger partial charge in [0, 0.05) is 23.0 Å². The van der Waals surface area contributed by atoms with Gasteiger partial charge in [-0.25, -0.2) is 0 Å². The topological polar surface area (TPSA) is 88.0 Å². The lowest BCUT2D eigenvalue weighted by Crippen LogP contribution is -2.28. The third-order valence-corrected chi connectivity index (χ3v) is 6.04. The minimum Gasteiger partial charge on any atom is -0.493 e. The average molecular weight is 498 g/mol. The van der Waals surface area contributed by atoms with Crippen LogP contribution in [0.4, 0.5) is 0 Å². The number of carbonyl (C=O) groups is 1. The van der Waals surface area contributed by atoms with Crippen LogP contribution in [0.1, 0.15) is 28.3 Å².